The van der Waals surface area contributed by atoms with Gasteiger partial charge < -0.3 is 23.7 Å². The number of fused-ring (bicyclic) bond motifs is 1. The summed E-state index contributed by atoms with van der Waals surface area (Å²) in [6.45, 7) is 8.96. The first kappa shape index (κ1) is 17.9. The number of hydrogen-bond acceptors (Lipinski definition) is 7. The smallest absolute Gasteiger partial charge is 0.298 e. The molecule has 1 aliphatic rings. The van der Waals surface area contributed by atoms with Gasteiger partial charge in [-0.25, -0.2) is 9.97 Å². The summed E-state index contributed by atoms with van der Waals surface area (Å²) >= 11 is 0. The Kier molecular flexibility index (Phi) is 4.84. The molecule has 0 aromatic carbocycles. The fraction of sp³-hybridized carbons (Fsp3) is 0.526. The molecular weight excluding hydrogens is 346 g/mol. The summed E-state index contributed by atoms with van der Waals surface area (Å²) < 4.78 is 13.3. The van der Waals surface area contributed by atoms with Crippen molar-refractivity contribution < 1.29 is 14.3 Å². The van der Waals surface area contributed by atoms with Crippen LogP contribution in [0.5, 0.6) is 0 Å². The summed E-state index contributed by atoms with van der Waals surface area (Å²) in [5.41, 5.74) is 4.11. The van der Waals surface area contributed by atoms with Crippen molar-refractivity contribution in [1.82, 2.24) is 19.5 Å². The number of rotatable bonds is 5. The molecular formula is C19H25N5O3. The van der Waals surface area contributed by atoms with E-state index in [9.17, 15) is 5.11 Å². The molecule has 0 saturated carbocycles. The van der Waals surface area contributed by atoms with Crippen molar-refractivity contribution in [2.45, 2.75) is 33.2 Å². The molecule has 144 valence electrons. The lowest BCUT2D eigenvalue weighted by Crippen LogP contribution is -2.36. The van der Waals surface area contributed by atoms with Crippen LogP contribution in [0.15, 0.2) is 16.8 Å². The summed E-state index contributed by atoms with van der Waals surface area (Å²) in [5.74, 6) is 0.743. The maximum absolute atomic E-state index is 9.62. The zero-order valence-electron chi connectivity index (χ0n) is 16.0. The van der Waals surface area contributed by atoms with Crippen LogP contribution in [0, 0.1) is 13.8 Å². The summed E-state index contributed by atoms with van der Waals surface area (Å²) in [6, 6.07) is 2.68. The number of oxazole rings is 1. The van der Waals surface area contributed by atoms with Crippen LogP contribution in [0.2, 0.25) is 0 Å². The summed E-state index contributed by atoms with van der Waals surface area (Å²) in [7, 11) is 0. The maximum atomic E-state index is 9.62. The highest BCUT2D eigenvalue weighted by molar-refractivity contribution is 5.78. The average molecular weight is 371 g/mol. The third-order valence-electron chi connectivity index (χ3n) is 5.12. The maximum Gasteiger partial charge on any atom is 0.298 e. The van der Waals surface area contributed by atoms with E-state index in [2.05, 4.69) is 16.0 Å². The monoisotopic (exact) mass is 371 g/mol. The van der Waals surface area contributed by atoms with E-state index < -0.39 is 0 Å². The Morgan fingerprint density at radius 1 is 1.19 bits per heavy atom. The molecule has 1 unspecified atom stereocenters. The van der Waals surface area contributed by atoms with Gasteiger partial charge in [0.15, 0.2) is 5.65 Å². The molecule has 4 rings (SSSR count). The van der Waals surface area contributed by atoms with Crippen LogP contribution in [0.3, 0.4) is 0 Å². The van der Waals surface area contributed by atoms with Gasteiger partial charge in [-0.1, -0.05) is 6.92 Å². The highest BCUT2D eigenvalue weighted by Crippen LogP contribution is 2.31. The fourth-order valence-electron chi connectivity index (χ4n) is 3.49. The summed E-state index contributed by atoms with van der Waals surface area (Å²) in [6.07, 6.45) is 2.58. The SMILES string of the molecule is CCC(CO)n1cnc2nc(-c3nc(N4CCOCC4)oc3C)c(C)cc21. The first-order valence-electron chi connectivity index (χ1n) is 9.38. The van der Waals surface area contributed by atoms with Crippen molar-refractivity contribution in [1.29, 1.82) is 0 Å². The molecule has 1 saturated heterocycles. The van der Waals surface area contributed by atoms with E-state index >= 15 is 0 Å². The van der Waals surface area contributed by atoms with E-state index in [0.717, 1.165) is 47.7 Å². The van der Waals surface area contributed by atoms with E-state index in [1.165, 1.54) is 0 Å². The lowest BCUT2D eigenvalue weighted by Gasteiger charge is -2.24. The number of pyridine rings is 1. The molecule has 3 aromatic rings. The minimum absolute atomic E-state index is 0.00348. The third-order valence-corrected chi connectivity index (χ3v) is 5.12. The van der Waals surface area contributed by atoms with Crippen molar-refractivity contribution in [3.05, 3.63) is 23.7 Å². The lowest BCUT2D eigenvalue weighted by atomic mass is 10.1. The molecule has 0 spiro atoms. The van der Waals surface area contributed by atoms with E-state index in [1.807, 2.05) is 25.3 Å². The van der Waals surface area contributed by atoms with Gasteiger partial charge in [-0.3, -0.25) is 0 Å². The number of aromatic nitrogens is 4. The van der Waals surface area contributed by atoms with Crippen molar-refractivity contribution in [2.24, 2.45) is 0 Å². The Morgan fingerprint density at radius 3 is 2.67 bits per heavy atom. The Morgan fingerprint density at radius 2 is 1.96 bits per heavy atom. The second-order valence-electron chi connectivity index (χ2n) is 6.89. The van der Waals surface area contributed by atoms with Crippen LogP contribution in [0.1, 0.15) is 30.7 Å². The number of aliphatic hydroxyl groups is 1. The number of nitrogens with zero attached hydrogens (tertiary/aromatic N) is 5. The molecule has 0 bridgehead atoms. The van der Waals surface area contributed by atoms with Crippen LogP contribution < -0.4 is 4.90 Å². The quantitative estimate of drug-likeness (QED) is 0.737. The Bertz CT molecular complexity index is 938. The van der Waals surface area contributed by atoms with Crippen LogP contribution in [-0.2, 0) is 4.74 Å². The first-order valence-corrected chi connectivity index (χ1v) is 9.38. The Hall–Kier alpha value is -2.45. The van der Waals surface area contributed by atoms with Crippen LogP contribution in [-0.4, -0.2) is 57.5 Å². The topological polar surface area (TPSA) is 89.4 Å². The number of aliphatic hydroxyl groups excluding tert-OH is 1. The Balaban J connectivity index is 1.74. The predicted molar refractivity (Wildman–Crippen MR) is 102 cm³/mol. The molecule has 1 N–H and O–H groups in total. The first-order chi connectivity index (χ1) is 13.1. The van der Waals surface area contributed by atoms with Gasteiger partial charge >= 0.3 is 0 Å². The zero-order valence-corrected chi connectivity index (χ0v) is 16.0. The van der Waals surface area contributed by atoms with Gasteiger partial charge in [0.1, 0.15) is 11.5 Å². The lowest BCUT2D eigenvalue weighted by molar-refractivity contribution is 0.120. The number of ether oxygens (including phenoxy) is 1. The largest absolute Gasteiger partial charge is 0.428 e. The van der Waals surface area contributed by atoms with Gasteiger partial charge in [0.25, 0.3) is 6.01 Å². The second-order valence-corrected chi connectivity index (χ2v) is 6.89. The van der Waals surface area contributed by atoms with Crippen molar-refractivity contribution in [3.63, 3.8) is 0 Å². The molecule has 0 aliphatic carbocycles. The highest BCUT2D eigenvalue weighted by Gasteiger charge is 2.22. The normalized spacial score (nSPS) is 16.2. The van der Waals surface area contributed by atoms with Gasteiger partial charge in [-0.15, -0.1) is 0 Å². The Labute approximate surface area is 157 Å². The van der Waals surface area contributed by atoms with Gasteiger partial charge in [-0.05, 0) is 31.9 Å². The molecule has 1 atom stereocenters. The zero-order chi connectivity index (χ0) is 19.0. The number of imidazole rings is 1. The average Bonchev–Trinajstić information content (AvgIpc) is 3.27. The molecule has 1 aliphatic heterocycles. The third kappa shape index (κ3) is 3.19. The number of morpholine rings is 1. The summed E-state index contributed by atoms with van der Waals surface area (Å²) in [5, 5.41) is 9.62. The van der Waals surface area contributed by atoms with Crippen molar-refractivity contribution in [2.75, 3.05) is 37.8 Å². The standard InChI is InChI=1S/C19H25N5O3/c1-4-14(10-25)24-11-20-18-15(24)9-12(2)16(21-18)17-13(3)27-19(22-17)23-5-7-26-8-6-23/h9,11,14,25H,4-8,10H2,1-3H3. The number of hydrogen-bond donors (Lipinski definition) is 1. The molecule has 0 radical (unpaired) electrons. The minimum atomic E-state index is 0.00348. The number of aryl methyl sites for hydroxylation is 2. The molecule has 0 amide bonds. The van der Waals surface area contributed by atoms with E-state index in [0.29, 0.717) is 24.9 Å². The van der Waals surface area contributed by atoms with Gasteiger partial charge in [0.05, 0.1) is 43.4 Å². The van der Waals surface area contributed by atoms with Gasteiger partial charge in [0, 0.05) is 13.1 Å². The fourth-order valence-corrected chi connectivity index (χ4v) is 3.49. The molecule has 3 aromatic heterocycles. The van der Waals surface area contributed by atoms with Gasteiger partial charge in [-0.2, -0.15) is 4.98 Å². The van der Waals surface area contributed by atoms with E-state index in [4.69, 9.17) is 19.1 Å². The summed E-state index contributed by atoms with van der Waals surface area (Å²) in [4.78, 5) is 16.0. The molecule has 27 heavy (non-hydrogen) atoms. The van der Waals surface area contributed by atoms with E-state index in [1.54, 1.807) is 6.33 Å². The highest BCUT2D eigenvalue weighted by atomic mass is 16.5. The minimum Gasteiger partial charge on any atom is -0.428 e. The van der Waals surface area contributed by atoms with Crippen LogP contribution in [0.4, 0.5) is 6.01 Å². The van der Waals surface area contributed by atoms with Crippen molar-refractivity contribution >= 4 is 17.2 Å². The molecule has 4 heterocycles. The molecule has 8 nitrogen and oxygen atoms in total. The number of anilines is 1. The molecule has 8 heteroatoms. The van der Waals surface area contributed by atoms with E-state index in [-0.39, 0.29) is 12.6 Å². The second kappa shape index (κ2) is 7.28. The van der Waals surface area contributed by atoms with Crippen LogP contribution >= 0.6 is 0 Å². The molecule has 1 fully saturated rings. The van der Waals surface area contributed by atoms with Crippen LogP contribution in [0.25, 0.3) is 22.6 Å². The predicted octanol–water partition coefficient (Wildman–Crippen LogP) is 2.48. The van der Waals surface area contributed by atoms with Gasteiger partial charge in [0.2, 0.25) is 0 Å². The van der Waals surface area contributed by atoms with Crippen molar-refractivity contribution in [3.8, 4) is 11.4 Å².